The van der Waals surface area contributed by atoms with Crippen LogP contribution in [0.3, 0.4) is 0 Å². The lowest BCUT2D eigenvalue weighted by Gasteiger charge is -2.24. The van der Waals surface area contributed by atoms with Crippen molar-refractivity contribution >= 4 is 23.2 Å². The second-order valence-electron chi connectivity index (χ2n) is 5.98. The number of hydrogen-bond acceptors (Lipinski definition) is 2. The van der Waals surface area contributed by atoms with Crippen LogP contribution < -0.4 is 10.6 Å². The minimum atomic E-state index is 0.166. The van der Waals surface area contributed by atoms with E-state index in [1.165, 1.54) is 5.56 Å². The van der Waals surface area contributed by atoms with E-state index in [0.29, 0.717) is 16.1 Å². The highest BCUT2D eigenvalue weighted by Gasteiger charge is 2.10. The molecule has 1 aromatic carbocycles. The highest BCUT2D eigenvalue weighted by molar-refractivity contribution is 6.42. The van der Waals surface area contributed by atoms with Crippen LogP contribution in [0.15, 0.2) is 18.2 Å². The number of nitrogens with one attached hydrogen (secondary N) is 2. The average molecular weight is 303 g/mol. The molecule has 0 aliphatic heterocycles. The van der Waals surface area contributed by atoms with Crippen LogP contribution in [0.2, 0.25) is 10.0 Å². The van der Waals surface area contributed by atoms with E-state index in [4.69, 9.17) is 23.2 Å². The van der Waals surface area contributed by atoms with Gasteiger partial charge in [0.1, 0.15) is 0 Å². The van der Waals surface area contributed by atoms with Crippen molar-refractivity contribution in [1.29, 1.82) is 0 Å². The van der Waals surface area contributed by atoms with E-state index in [2.05, 4.69) is 38.3 Å². The Labute approximate surface area is 126 Å². The fraction of sp³-hybridized carbons (Fsp3) is 0.600. The molecule has 0 saturated heterocycles. The Kier molecular flexibility index (Phi) is 6.61. The van der Waals surface area contributed by atoms with Gasteiger partial charge in [0.25, 0.3) is 0 Å². The lowest BCUT2D eigenvalue weighted by Crippen LogP contribution is -2.44. The van der Waals surface area contributed by atoms with Crippen molar-refractivity contribution in [3.63, 3.8) is 0 Å². The maximum absolute atomic E-state index is 5.99. The molecule has 0 fully saturated rings. The molecule has 108 valence electrons. The second-order valence-corrected chi connectivity index (χ2v) is 6.80. The summed E-state index contributed by atoms with van der Waals surface area (Å²) >= 11 is 11.9. The molecular formula is C15H24Cl2N2. The monoisotopic (exact) mass is 302 g/mol. The van der Waals surface area contributed by atoms with Gasteiger partial charge in [-0.1, -0.05) is 29.3 Å². The molecule has 0 aromatic heterocycles. The van der Waals surface area contributed by atoms with Crippen LogP contribution in [0, 0.1) is 0 Å². The molecule has 4 heteroatoms. The first-order chi connectivity index (χ1) is 8.78. The molecule has 1 atom stereocenters. The summed E-state index contributed by atoms with van der Waals surface area (Å²) in [6.07, 6.45) is 0.955. The molecule has 1 unspecified atom stereocenters. The Balaban J connectivity index is 2.28. The van der Waals surface area contributed by atoms with E-state index in [0.717, 1.165) is 19.5 Å². The smallest absolute Gasteiger partial charge is 0.0595 e. The number of rotatable bonds is 6. The van der Waals surface area contributed by atoms with Gasteiger partial charge in [-0.15, -0.1) is 0 Å². The third-order valence-electron chi connectivity index (χ3n) is 2.83. The summed E-state index contributed by atoms with van der Waals surface area (Å²) in [5.74, 6) is 0. The van der Waals surface area contributed by atoms with Crippen LogP contribution in [0.1, 0.15) is 33.3 Å². The third-order valence-corrected chi connectivity index (χ3v) is 3.57. The van der Waals surface area contributed by atoms with Crippen molar-refractivity contribution in [2.75, 3.05) is 13.1 Å². The summed E-state index contributed by atoms with van der Waals surface area (Å²) in [5.41, 5.74) is 1.37. The summed E-state index contributed by atoms with van der Waals surface area (Å²) in [7, 11) is 0. The zero-order chi connectivity index (χ0) is 14.5. The second kappa shape index (κ2) is 7.49. The van der Waals surface area contributed by atoms with Gasteiger partial charge in [-0.3, -0.25) is 0 Å². The first kappa shape index (κ1) is 16.8. The van der Waals surface area contributed by atoms with Gasteiger partial charge >= 0.3 is 0 Å². The third kappa shape index (κ3) is 7.17. The SMILES string of the molecule is CC(CNC(C)(C)C)NCCc1ccc(Cl)c(Cl)c1. The standard InChI is InChI=1S/C15H24Cl2N2/c1-11(10-19-15(2,3)4)18-8-7-12-5-6-13(16)14(17)9-12/h5-6,9,11,18-19H,7-8,10H2,1-4H3. The van der Waals surface area contributed by atoms with Crippen molar-refractivity contribution in [3.8, 4) is 0 Å². The van der Waals surface area contributed by atoms with Crippen molar-refractivity contribution < 1.29 is 0 Å². The molecule has 0 heterocycles. The van der Waals surface area contributed by atoms with E-state index in [1.807, 2.05) is 18.2 Å². The van der Waals surface area contributed by atoms with E-state index in [-0.39, 0.29) is 5.54 Å². The predicted octanol–water partition coefficient (Wildman–Crippen LogP) is 3.90. The molecule has 1 aromatic rings. The lowest BCUT2D eigenvalue weighted by atomic mass is 10.1. The van der Waals surface area contributed by atoms with Crippen molar-refractivity contribution in [2.45, 2.75) is 45.7 Å². The van der Waals surface area contributed by atoms with E-state index < -0.39 is 0 Å². The quantitative estimate of drug-likeness (QED) is 0.833. The minimum absolute atomic E-state index is 0.166. The highest BCUT2D eigenvalue weighted by atomic mass is 35.5. The number of halogens is 2. The van der Waals surface area contributed by atoms with E-state index >= 15 is 0 Å². The Morgan fingerprint density at radius 3 is 2.42 bits per heavy atom. The normalized spacial score (nSPS) is 13.6. The van der Waals surface area contributed by atoms with Gasteiger partial charge in [0.2, 0.25) is 0 Å². The predicted molar refractivity (Wildman–Crippen MR) is 85.4 cm³/mol. The maximum atomic E-state index is 5.99. The summed E-state index contributed by atoms with van der Waals surface area (Å²) in [5, 5.41) is 8.22. The molecule has 0 amide bonds. The Bertz CT molecular complexity index is 400. The van der Waals surface area contributed by atoms with Gasteiger partial charge in [-0.25, -0.2) is 0 Å². The number of benzene rings is 1. The van der Waals surface area contributed by atoms with Crippen LogP contribution in [-0.2, 0) is 6.42 Å². The zero-order valence-corrected chi connectivity index (χ0v) is 13.7. The molecule has 2 N–H and O–H groups in total. The van der Waals surface area contributed by atoms with Gasteiger partial charge in [-0.05, 0) is 58.4 Å². The highest BCUT2D eigenvalue weighted by Crippen LogP contribution is 2.22. The van der Waals surface area contributed by atoms with Gasteiger partial charge < -0.3 is 10.6 Å². The van der Waals surface area contributed by atoms with Gasteiger partial charge in [0.05, 0.1) is 10.0 Å². The molecule has 19 heavy (non-hydrogen) atoms. The van der Waals surface area contributed by atoms with Crippen molar-refractivity contribution in [3.05, 3.63) is 33.8 Å². The number of hydrogen-bond donors (Lipinski definition) is 2. The van der Waals surface area contributed by atoms with Crippen molar-refractivity contribution in [2.24, 2.45) is 0 Å². The molecule has 2 nitrogen and oxygen atoms in total. The first-order valence-electron chi connectivity index (χ1n) is 6.70. The zero-order valence-electron chi connectivity index (χ0n) is 12.2. The molecule has 0 bridgehead atoms. The topological polar surface area (TPSA) is 24.1 Å². The maximum Gasteiger partial charge on any atom is 0.0595 e. The van der Waals surface area contributed by atoms with E-state index in [9.17, 15) is 0 Å². The summed E-state index contributed by atoms with van der Waals surface area (Å²) < 4.78 is 0. The summed E-state index contributed by atoms with van der Waals surface area (Å²) in [4.78, 5) is 0. The fourth-order valence-electron chi connectivity index (χ4n) is 1.69. The van der Waals surface area contributed by atoms with Gasteiger partial charge in [-0.2, -0.15) is 0 Å². The lowest BCUT2D eigenvalue weighted by molar-refractivity contribution is 0.389. The molecule has 0 saturated carbocycles. The van der Waals surface area contributed by atoms with Crippen LogP contribution in [0.4, 0.5) is 0 Å². The average Bonchev–Trinajstić information content (AvgIpc) is 2.30. The molecule has 0 spiro atoms. The summed E-state index contributed by atoms with van der Waals surface area (Å²) in [6.45, 7) is 10.6. The molecule has 0 radical (unpaired) electrons. The van der Waals surface area contributed by atoms with Crippen molar-refractivity contribution in [1.82, 2.24) is 10.6 Å². The van der Waals surface area contributed by atoms with Gasteiger partial charge in [0, 0.05) is 18.1 Å². The fourth-order valence-corrected chi connectivity index (χ4v) is 2.01. The minimum Gasteiger partial charge on any atom is -0.313 e. The van der Waals surface area contributed by atoms with Gasteiger partial charge in [0.15, 0.2) is 0 Å². The van der Waals surface area contributed by atoms with Crippen LogP contribution in [-0.4, -0.2) is 24.7 Å². The van der Waals surface area contributed by atoms with Crippen LogP contribution in [0.25, 0.3) is 0 Å². The first-order valence-corrected chi connectivity index (χ1v) is 7.46. The van der Waals surface area contributed by atoms with Crippen LogP contribution in [0.5, 0.6) is 0 Å². The Morgan fingerprint density at radius 1 is 1.16 bits per heavy atom. The Hall–Kier alpha value is -0.280. The molecule has 0 aliphatic rings. The van der Waals surface area contributed by atoms with E-state index in [1.54, 1.807) is 0 Å². The van der Waals surface area contributed by atoms with Crippen LogP contribution >= 0.6 is 23.2 Å². The molecule has 0 aliphatic carbocycles. The largest absolute Gasteiger partial charge is 0.313 e. The molecule has 1 rings (SSSR count). The molecular weight excluding hydrogens is 279 g/mol. The Morgan fingerprint density at radius 2 is 1.84 bits per heavy atom. The summed E-state index contributed by atoms with van der Waals surface area (Å²) in [6, 6.07) is 6.25.